The summed E-state index contributed by atoms with van der Waals surface area (Å²) in [6.07, 6.45) is -3.05. The highest BCUT2D eigenvalue weighted by atomic mass is 19.4. The van der Waals surface area contributed by atoms with E-state index in [4.69, 9.17) is 5.73 Å². The number of carbonyl (C=O) groups is 1. The van der Waals surface area contributed by atoms with Crippen LogP contribution in [0.5, 0.6) is 0 Å². The van der Waals surface area contributed by atoms with Crippen LogP contribution >= 0.6 is 0 Å². The van der Waals surface area contributed by atoms with E-state index >= 15 is 0 Å². The first-order valence-electron chi connectivity index (χ1n) is 4.44. The highest BCUT2D eigenvalue weighted by Crippen LogP contribution is 2.30. The number of nitrogens with zero attached hydrogens (tertiary/aromatic N) is 1. The summed E-state index contributed by atoms with van der Waals surface area (Å²) in [5, 5.41) is 0. The predicted molar refractivity (Wildman–Crippen MR) is 44.4 cm³/mol. The predicted octanol–water partition coefficient (Wildman–Crippen LogP) is 0.887. The Kier molecular flexibility index (Phi) is 3.04. The lowest BCUT2D eigenvalue weighted by molar-refractivity contribution is -0.162. The van der Waals surface area contributed by atoms with Gasteiger partial charge >= 0.3 is 6.18 Å². The summed E-state index contributed by atoms with van der Waals surface area (Å²) in [6.45, 7) is 0.214. The molecule has 3 nitrogen and oxygen atoms in total. The normalized spacial score (nSPS) is 19.2. The number of rotatable bonds is 3. The van der Waals surface area contributed by atoms with E-state index in [1.54, 1.807) is 0 Å². The Morgan fingerprint density at radius 3 is 2.36 bits per heavy atom. The van der Waals surface area contributed by atoms with E-state index in [0.29, 0.717) is 12.8 Å². The Morgan fingerprint density at radius 1 is 1.57 bits per heavy atom. The van der Waals surface area contributed by atoms with Gasteiger partial charge in [0.15, 0.2) is 0 Å². The molecule has 1 atom stereocenters. The fraction of sp³-hybridized carbons (Fsp3) is 0.875. The van der Waals surface area contributed by atoms with Crippen LogP contribution in [-0.2, 0) is 4.79 Å². The third kappa shape index (κ3) is 3.17. The van der Waals surface area contributed by atoms with Gasteiger partial charge in [0.2, 0.25) is 5.91 Å². The minimum Gasteiger partial charge on any atom is -0.329 e. The van der Waals surface area contributed by atoms with Crippen LogP contribution in [0.3, 0.4) is 0 Å². The Hall–Kier alpha value is -0.780. The van der Waals surface area contributed by atoms with Crippen LogP contribution in [0.25, 0.3) is 0 Å². The molecule has 0 aromatic heterocycles. The molecule has 1 amide bonds. The van der Waals surface area contributed by atoms with E-state index in [9.17, 15) is 18.0 Å². The van der Waals surface area contributed by atoms with Gasteiger partial charge in [0.25, 0.3) is 0 Å². The van der Waals surface area contributed by atoms with Crippen molar-refractivity contribution in [1.82, 2.24) is 4.90 Å². The number of hydrogen-bond donors (Lipinski definition) is 1. The van der Waals surface area contributed by atoms with Crippen molar-refractivity contribution in [3.05, 3.63) is 0 Å². The van der Waals surface area contributed by atoms with E-state index in [2.05, 4.69) is 0 Å². The van der Waals surface area contributed by atoms with Gasteiger partial charge in [-0.1, -0.05) is 0 Å². The lowest BCUT2D eigenvalue weighted by Gasteiger charge is -2.25. The first-order valence-corrected chi connectivity index (χ1v) is 4.44. The maximum atomic E-state index is 12.1. The minimum absolute atomic E-state index is 0.255. The largest absolute Gasteiger partial charge is 0.406 e. The topological polar surface area (TPSA) is 46.3 Å². The number of alkyl halides is 3. The summed E-state index contributed by atoms with van der Waals surface area (Å²) < 4.78 is 36.2. The smallest absolute Gasteiger partial charge is 0.329 e. The standard InChI is InChI=1S/C8H13F3N2O/c1-5(12)7(14)13(6-2-3-6)4-8(9,10)11/h5-6H,2-4,12H2,1H3/t5-/m1/s1. The molecular weight excluding hydrogens is 197 g/mol. The van der Waals surface area contributed by atoms with Crippen molar-refractivity contribution in [3.8, 4) is 0 Å². The maximum Gasteiger partial charge on any atom is 0.406 e. The second kappa shape index (κ2) is 3.76. The molecule has 0 unspecified atom stereocenters. The fourth-order valence-corrected chi connectivity index (χ4v) is 1.23. The first kappa shape index (κ1) is 11.3. The number of halogens is 3. The van der Waals surface area contributed by atoms with Gasteiger partial charge in [0.1, 0.15) is 6.54 Å². The number of carbonyl (C=O) groups excluding carboxylic acids is 1. The van der Waals surface area contributed by atoms with Gasteiger partial charge in [-0.3, -0.25) is 4.79 Å². The van der Waals surface area contributed by atoms with E-state index in [1.165, 1.54) is 6.92 Å². The van der Waals surface area contributed by atoms with Crippen LogP contribution in [0, 0.1) is 0 Å². The molecule has 1 fully saturated rings. The molecule has 2 N–H and O–H groups in total. The molecule has 0 aromatic rings. The molecule has 14 heavy (non-hydrogen) atoms. The number of hydrogen-bond acceptors (Lipinski definition) is 2. The summed E-state index contributed by atoms with van der Waals surface area (Å²) >= 11 is 0. The van der Waals surface area contributed by atoms with Crippen LogP contribution in [0.1, 0.15) is 19.8 Å². The maximum absolute atomic E-state index is 12.1. The average Bonchev–Trinajstić information content (AvgIpc) is 2.79. The van der Waals surface area contributed by atoms with Crippen LogP contribution < -0.4 is 5.73 Å². The lowest BCUT2D eigenvalue weighted by atomic mass is 10.3. The van der Waals surface area contributed by atoms with Crippen LogP contribution in [0.4, 0.5) is 13.2 Å². The molecule has 1 saturated carbocycles. The molecular formula is C8H13F3N2O. The van der Waals surface area contributed by atoms with Gasteiger partial charge in [-0.2, -0.15) is 13.2 Å². The SMILES string of the molecule is C[C@@H](N)C(=O)N(CC(F)(F)F)C1CC1. The molecule has 0 bridgehead atoms. The van der Waals surface area contributed by atoms with Crippen molar-refractivity contribution in [2.75, 3.05) is 6.54 Å². The minimum atomic E-state index is -4.34. The molecule has 0 spiro atoms. The molecule has 1 rings (SSSR count). The van der Waals surface area contributed by atoms with Gasteiger partial charge in [0, 0.05) is 6.04 Å². The monoisotopic (exact) mass is 210 g/mol. The third-order valence-corrected chi connectivity index (χ3v) is 2.01. The Labute approximate surface area is 80.0 Å². The van der Waals surface area contributed by atoms with E-state index in [-0.39, 0.29) is 6.04 Å². The van der Waals surface area contributed by atoms with Gasteiger partial charge in [-0.05, 0) is 19.8 Å². The molecule has 1 aliphatic rings. The highest BCUT2D eigenvalue weighted by molar-refractivity contribution is 5.81. The zero-order chi connectivity index (χ0) is 10.9. The van der Waals surface area contributed by atoms with Crippen molar-refractivity contribution in [2.45, 2.75) is 38.0 Å². The molecule has 6 heteroatoms. The average molecular weight is 210 g/mol. The van der Waals surface area contributed by atoms with E-state index < -0.39 is 24.7 Å². The van der Waals surface area contributed by atoms with Gasteiger partial charge in [0.05, 0.1) is 6.04 Å². The molecule has 0 saturated heterocycles. The van der Waals surface area contributed by atoms with Crippen molar-refractivity contribution in [1.29, 1.82) is 0 Å². The molecule has 1 aliphatic carbocycles. The molecule has 0 aromatic carbocycles. The molecule has 0 aliphatic heterocycles. The van der Waals surface area contributed by atoms with Gasteiger partial charge in [-0.25, -0.2) is 0 Å². The van der Waals surface area contributed by atoms with Crippen LogP contribution in [-0.4, -0.2) is 35.6 Å². The molecule has 0 heterocycles. The summed E-state index contributed by atoms with van der Waals surface area (Å²) in [5.41, 5.74) is 5.26. The fourth-order valence-electron chi connectivity index (χ4n) is 1.23. The summed E-state index contributed by atoms with van der Waals surface area (Å²) in [5.74, 6) is -0.621. The summed E-state index contributed by atoms with van der Waals surface area (Å²) in [7, 11) is 0. The zero-order valence-corrected chi connectivity index (χ0v) is 7.84. The van der Waals surface area contributed by atoms with Crippen LogP contribution in [0.2, 0.25) is 0 Å². The Morgan fingerprint density at radius 2 is 2.07 bits per heavy atom. The Bertz CT molecular complexity index is 223. The van der Waals surface area contributed by atoms with Crippen molar-refractivity contribution >= 4 is 5.91 Å². The van der Waals surface area contributed by atoms with Gasteiger partial charge < -0.3 is 10.6 Å². The lowest BCUT2D eigenvalue weighted by Crippen LogP contribution is -2.47. The zero-order valence-electron chi connectivity index (χ0n) is 7.84. The third-order valence-electron chi connectivity index (χ3n) is 2.01. The molecule has 0 radical (unpaired) electrons. The second-order valence-corrected chi connectivity index (χ2v) is 3.60. The Balaban J connectivity index is 2.60. The van der Waals surface area contributed by atoms with Crippen molar-refractivity contribution in [3.63, 3.8) is 0 Å². The highest BCUT2D eigenvalue weighted by Gasteiger charge is 2.41. The first-order chi connectivity index (χ1) is 6.31. The summed E-state index contributed by atoms with van der Waals surface area (Å²) in [6, 6.07) is -1.12. The quantitative estimate of drug-likeness (QED) is 0.751. The van der Waals surface area contributed by atoms with E-state index in [1.807, 2.05) is 0 Å². The van der Waals surface area contributed by atoms with Gasteiger partial charge in [-0.15, -0.1) is 0 Å². The van der Waals surface area contributed by atoms with Crippen molar-refractivity contribution < 1.29 is 18.0 Å². The number of amides is 1. The van der Waals surface area contributed by atoms with E-state index in [0.717, 1.165) is 4.90 Å². The number of nitrogens with two attached hydrogens (primary N) is 1. The van der Waals surface area contributed by atoms with Crippen molar-refractivity contribution in [2.24, 2.45) is 5.73 Å². The summed E-state index contributed by atoms with van der Waals surface area (Å²) in [4.78, 5) is 12.1. The molecule has 82 valence electrons. The second-order valence-electron chi connectivity index (χ2n) is 3.60. The van der Waals surface area contributed by atoms with Crippen LogP contribution in [0.15, 0.2) is 0 Å².